The van der Waals surface area contributed by atoms with Crippen LogP contribution in [0, 0.1) is 13.8 Å². The number of hydrogen-bond acceptors (Lipinski definition) is 4. The van der Waals surface area contributed by atoms with Crippen molar-refractivity contribution in [2.75, 3.05) is 18.8 Å². The number of aromatic amines is 1. The van der Waals surface area contributed by atoms with E-state index in [4.69, 9.17) is 0 Å². The number of rotatable bonds is 2. The van der Waals surface area contributed by atoms with Gasteiger partial charge in [-0.3, -0.25) is 5.10 Å². The van der Waals surface area contributed by atoms with Crippen LogP contribution >= 0.6 is 11.8 Å². The summed E-state index contributed by atoms with van der Waals surface area (Å²) in [6.45, 7) is 8.97. The van der Waals surface area contributed by atoms with Gasteiger partial charge >= 0.3 is 0 Å². The quantitative estimate of drug-likeness (QED) is 0.906. The fourth-order valence-electron chi connectivity index (χ4n) is 2.29. The molecule has 0 unspecified atom stereocenters. The average Bonchev–Trinajstić information content (AvgIpc) is 2.52. The van der Waals surface area contributed by atoms with Crippen molar-refractivity contribution < 1.29 is 8.42 Å². The molecule has 0 saturated carbocycles. The highest BCUT2D eigenvalue weighted by atomic mass is 32.2. The first-order chi connectivity index (χ1) is 8.74. The Morgan fingerprint density at radius 2 is 2.00 bits per heavy atom. The molecular weight excluding hydrogens is 282 g/mol. The number of hydrogen-bond donors (Lipinski definition) is 1. The zero-order valence-corrected chi connectivity index (χ0v) is 13.5. The Kier molecular flexibility index (Phi) is 3.99. The molecule has 1 aliphatic rings. The highest BCUT2D eigenvalue weighted by molar-refractivity contribution is 8.00. The second kappa shape index (κ2) is 5.10. The molecule has 108 valence electrons. The molecule has 1 aromatic heterocycles. The largest absolute Gasteiger partial charge is 0.281 e. The van der Waals surface area contributed by atoms with Gasteiger partial charge in [0, 0.05) is 23.6 Å². The minimum Gasteiger partial charge on any atom is -0.281 e. The number of thioether (sulfide) groups is 1. The SMILES string of the molecule is Cc1n[nH]c(C)c1S(=O)(=O)N1CCSC(C)(C)CC1. The van der Waals surface area contributed by atoms with E-state index in [0.717, 1.165) is 12.2 Å². The van der Waals surface area contributed by atoms with E-state index >= 15 is 0 Å². The van der Waals surface area contributed by atoms with Gasteiger partial charge in [-0.1, -0.05) is 13.8 Å². The van der Waals surface area contributed by atoms with Crippen molar-refractivity contribution in [3.05, 3.63) is 11.4 Å². The standard InChI is InChI=1S/C12H21N3O2S2/c1-9-11(10(2)14-13-9)19(16,17)15-6-5-12(3,4)18-8-7-15/h5-8H2,1-4H3,(H,13,14). The Balaban J connectivity index is 2.31. The van der Waals surface area contributed by atoms with Crippen molar-refractivity contribution in [3.8, 4) is 0 Å². The van der Waals surface area contributed by atoms with Crippen LogP contribution in [-0.2, 0) is 10.0 Å². The number of H-pyrrole nitrogens is 1. The van der Waals surface area contributed by atoms with Gasteiger partial charge in [0.15, 0.2) is 0 Å². The molecule has 2 heterocycles. The van der Waals surface area contributed by atoms with E-state index < -0.39 is 10.0 Å². The van der Waals surface area contributed by atoms with Gasteiger partial charge in [-0.05, 0) is 20.3 Å². The Morgan fingerprint density at radius 3 is 2.58 bits per heavy atom. The molecule has 7 heteroatoms. The average molecular weight is 303 g/mol. The molecule has 19 heavy (non-hydrogen) atoms. The molecule has 0 spiro atoms. The van der Waals surface area contributed by atoms with Gasteiger partial charge in [-0.15, -0.1) is 0 Å². The predicted molar refractivity (Wildman–Crippen MR) is 78.0 cm³/mol. The molecule has 1 saturated heterocycles. The first-order valence-corrected chi connectivity index (χ1v) is 8.82. The zero-order chi connectivity index (χ0) is 14.3. The van der Waals surface area contributed by atoms with Crippen molar-refractivity contribution in [2.45, 2.75) is 43.8 Å². The second-order valence-corrected chi connectivity index (χ2v) is 9.20. The van der Waals surface area contributed by atoms with E-state index in [9.17, 15) is 8.42 Å². The summed E-state index contributed by atoms with van der Waals surface area (Å²) in [6, 6.07) is 0. The number of sulfonamides is 1. The van der Waals surface area contributed by atoms with Crippen LogP contribution in [0.25, 0.3) is 0 Å². The molecule has 0 aromatic carbocycles. The molecular formula is C12H21N3O2S2. The van der Waals surface area contributed by atoms with Crippen LogP contribution < -0.4 is 0 Å². The normalized spacial score (nSPS) is 21.3. The Bertz CT molecular complexity index is 544. The van der Waals surface area contributed by atoms with E-state index in [1.54, 1.807) is 18.2 Å². The fourth-order valence-corrected chi connectivity index (χ4v) is 5.28. The monoisotopic (exact) mass is 303 g/mol. The van der Waals surface area contributed by atoms with Crippen LogP contribution in [-0.4, -0.2) is 46.5 Å². The van der Waals surface area contributed by atoms with Crippen molar-refractivity contribution >= 4 is 21.8 Å². The van der Waals surface area contributed by atoms with Gasteiger partial charge in [-0.2, -0.15) is 21.2 Å². The third-order valence-corrected chi connectivity index (χ3v) is 6.99. The lowest BCUT2D eigenvalue weighted by Gasteiger charge is -2.22. The molecule has 5 nitrogen and oxygen atoms in total. The summed E-state index contributed by atoms with van der Waals surface area (Å²) in [6.07, 6.45) is 0.868. The van der Waals surface area contributed by atoms with E-state index in [-0.39, 0.29) is 4.75 Å². The topological polar surface area (TPSA) is 66.1 Å². The molecule has 0 amide bonds. The lowest BCUT2D eigenvalue weighted by molar-refractivity contribution is 0.415. The third kappa shape index (κ3) is 2.98. The second-order valence-electron chi connectivity index (χ2n) is 5.53. The molecule has 0 bridgehead atoms. The van der Waals surface area contributed by atoms with Gasteiger partial charge in [0.2, 0.25) is 10.0 Å². The highest BCUT2D eigenvalue weighted by Gasteiger charge is 2.33. The number of nitrogens with zero attached hydrogens (tertiary/aromatic N) is 2. The maximum absolute atomic E-state index is 12.7. The summed E-state index contributed by atoms with van der Waals surface area (Å²) in [5, 5.41) is 6.75. The summed E-state index contributed by atoms with van der Waals surface area (Å²) >= 11 is 1.84. The van der Waals surface area contributed by atoms with Crippen LogP contribution in [0.1, 0.15) is 31.7 Å². The summed E-state index contributed by atoms with van der Waals surface area (Å²) < 4.78 is 27.2. The van der Waals surface area contributed by atoms with Crippen molar-refractivity contribution in [3.63, 3.8) is 0 Å². The van der Waals surface area contributed by atoms with Crippen molar-refractivity contribution in [1.29, 1.82) is 0 Å². The van der Waals surface area contributed by atoms with Gasteiger partial charge in [0.1, 0.15) is 4.90 Å². The number of aryl methyl sites for hydroxylation is 2. The maximum atomic E-state index is 12.7. The van der Waals surface area contributed by atoms with E-state index in [1.807, 2.05) is 11.8 Å². The lowest BCUT2D eigenvalue weighted by atomic mass is 10.1. The molecule has 1 aromatic rings. The maximum Gasteiger partial charge on any atom is 0.246 e. The predicted octanol–water partition coefficient (Wildman–Crippen LogP) is 1.93. The van der Waals surface area contributed by atoms with Crippen molar-refractivity contribution in [2.24, 2.45) is 0 Å². The molecule has 1 aliphatic heterocycles. The highest BCUT2D eigenvalue weighted by Crippen LogP contribution is 2.33. The first kappa shape index (κ1) is 14.9. The summed E-state index contributed by atoms with van der Waals surface area (Å²) in [4.78, 5) is 0.345. The van der Waals surface area contributed by atoms with Crippen LogP contribution in [0.15, 0.2) is 4.90 Å². The van der Waals surface area contributed by atoms with Crippen molar-refractivity contribution in [1.82, 2.24) is 14.5 Å². The van der Waals surface area contributed by atoms with Crippen LogP contribution in [0.2, 0.25) is 0 Å². The summed E-state index contributed by atoms with van der Waals surface area (Å²) in [5.41, 5.74) is 1.17. The summed E-state index contributed by atoms with van der Waals surface area (Å²) in [7, 11) is -3.43. The minimum atomic E-state index is -3.43. The van der Waals surface area contributed by atoms with E-state index in [0.29, 0.717) is 29.4 Å². The molecule has 0 aliphatic carbocycles. The van der Waals surface area contributed by atoms with Gasteiger partial charge in [-0.25, -0.2) is 8.42 Å². The van der Waals surface area contributed by atoms with Crippen LogP contribution in [0.4, 0.5) is 0 Å². The smallest absolute Gasteiger partial charge is 0.246 e. The number of nitrogens with one attached hydrogen (secondary N) is 1. The van der Waals surface area contributed by atoms with E-state index in [1.165, 1.54) is 0 Å². The Labute approximate surface area is 119 Å². The summed E-state index contributed by atoms with van der Waals surface area (Å²) in [5.74, 6) is 0.835. The van der Waals surface area contributed by atoms with Crippen LogP contribution in [0.3, 0.4) is 0 Å². The number of aromatic nitrogens is 2. The molecule has 1 fully saturated rings. The van der Waals surface area contributed by atoms with Gasteiger partial charge < -0.3 is 0 Å². The Hall–Kier alpha value is -0.530. The zero-order valence-electron chi connectivity index (χ0n) is 11.9. The van der Waals surface area contributed by atoms with Gasteiger partial charge in [0.25, 0.3) is 0 Å². The van der Waals surface area contributed by atoms with Crippen LogP contribution in [0.5, 0.6) is 0 Å². The first-order valence-electron chi connectivity index (χ1n) is 6.40. The minimum absolute atomic E-state index is 0.144. The lowest BCUT2D eigenvalue weighted by Crippen LogP contribution is -2.34. The third-order valence-electron chi connectivity index (χ3n) is 3.46. The molecule has 0 atom stereocenters. The van der Waals surface area contributed by atoms with E-state index in [2.05, 4.69) is 24.0 Å². The Morgan fingerprint density at radius 1 is 1.32 bits per heavy atom. The molecule has 0 radical (unpaired) electrons. The van der Waals surface area contributed by atoms with Gasteiger partial charge in [0.05, 0.1) is 11.4 Å². The fraction of sp³-hybridized carbons (Fsp3) is 0.750. The molecule has 2 rings (SSSR count). The molecule has 1 N–H and O–H groups in total.